The number of carbonyl (C=O) groups excluding carboxylic acids is 1. The van der Waals surface area contributed by atoms with E-state index in [0.29, 0.717) is 12.2 Å². The molecule has 0 aliphatic carbocycles. The molecule has 150 valence electrons. The Labute approximate surface area is 189 Å². The van der Waals surface area contributed by atoms with Crippen molar-refractivity contribution in [2.45, 2.75) is 16.2 Å². The fourth-order valence-corrected chi connectivity index (χ4v) is 4.07. The van der Waals surface area contributed by atoms with Gasteiger partial charge in [0, 0.05) is 27.0 Å². The number of nitrogens with zero attached hydrogens (tertiary/aromatic N) is 1. The molecule has 0 aliphatic rings. The van der Waals surface area contributed by atoms with Crippen LogP contribution in [0.2, 0.25) is 0 Å². The van der Waals surface area contributed by atoms with Crippen LogP contribution in [-0.4, -0.2) is 12.5 Å². The number of halogens is 1. The minimum Gasteiger partial charge on any atom is -0.389 e. The average molecular weight is 478 g/mol. The predicted octanol–water partition coefficient (Wildman–Crippen LogP) is 5.78. The third-order valence-electron chi connectivity index (χ3n) is 4.16. The van der Waals surface area contributed by atoms with Gasteiger partial charge in [-0.05, 0) is 48.4 Å². The van der Waals surface area contributed by atoms with Gasteiger partial charge >= 0.3 is 0 Å². The van der Waals surface area contributed by atoms with Crippen LogP contribution in [0.3, 0.4) is 0 Å². The molecule has 0 unspecified atom stereocenters. The second-order valence-corrected chi connectivity index (χ2v) is 8.40. The van der Waals surface area contributed by atoms with Crippen molar-refractivity contribution in [3.8, 4) is 6.07 Å². The normalized spacial score (nSPS) is 10.9. The number of hydrogen-bond donors (Lipinski definition) is 2. The van der Waals surface area contributed by atoms with E-state index >= 15 is 0 Å². The molecule has 3 rings (SSSR count). The smallest absolute Gasteiger partial charge is 0.267 e. The topological polar surface area (TPSA) is 64.9 Å². The zero-order valence-corrected chi connectivity index (χ0v) is 18.5. The SMILES string of the molecule is N#C/C(=C/NCCc1cccc(Br)c1)C(=O)Nc1ccccc1Sc1ccccc1. The van der Waals surface area contributed by atoms with Crippen molar-refractivity contribution in [2.24, 2.45) is 0 Å². The van der Waals surface area contributed by atoms with Crippen LogP contribution in [-0.2, 0) is 11.2 Å². The third-order valence-corrected chi connectivity index (χ3v) is 5.74. The van der Waals surface area contributed by atoms with E-state index in [4.69, 9.17) is 0 Å². The largest absolute Gasteiger partial charge is 0.389 e. The molecule has 0 aromatic heterocycles. The fraction of sp³-hybridized carbons (Fsp3) is 0.0833. The standard InChI is InChI=1S/C24H20BrN3OS/c25-20-8-6-7-18(15-20)13-14-27-17-19(16-26)24(29)28-22-11-4-5-12-23(22)30-21-9-2-1-3-10-21/h1-12,15,17,27H,13-14H2,(H,28,29)/b19-17-. The Bertz CT molecular complexity index is 1080. The molecule has 4 nitrogen and oxygen atoms in total. The van der Waals surface area contributed by atoms with Gasteiger partial charge in [0.1, 0.15) is 11.6 Å². The number of para-hydroxylation sites is 1. The summed E-state index contributed by atoms with van der Waals surface area (Å²) in [6, 6.07) is 27.5. The van der Waals surface area contributed by atoms with Crippen molar-refractivity contribution in [2.75, 3.05) is 11.9 Å². The lowest BCUT2D eigenvalue weighted by Crippen LogP contribution is -2.18. The molecular weight excluding hydrogens is 458 g/mol. The molecule has 30 heavy (non-hydrogen) atoms. The molecule has 0 radical (unpaired) electrons. The zero-order valence-electron chi connectivity index (χ0n) is 16.1. The van der Waals surface area contributed by atoms with Crippen molar-refractivity contribution in [3.63, 3.8) is 0 Å². The van der Waals surface area contributed by atoms with Gasteiger partial charge < -0.3 is 10.6 Å². The van der Waals surface area contributed by atoms with E-state index < -0.39 is 5.91 Å². The summed E-state index contributed by atoms with van der Waals surface area (Å²) in [5.74, 6) is -0.437. The number of carbonyl (C=O) groups is 1. The monoisotopic (exact) mass is 477 g/mol. The minimum atomic E-state index is -0.437. The first-order valence-electron chi connectivity index (χ1n) is 9.37. The van der Waals surface area contributed by atoms with E-state index in [0.717, 1.165) is 20.7 Å². The lowest BCUT2D eigenvalue weighted by Gasteiger charge is -2.10. The van der Waals surface area contributed by atoms with Gasteiger partial charge in [-0.15, -0.1) is 0 Å². The molecule has 2 N–H and O–H groups in total. The molecule has 0 bridgehead atoms. The Morgan fingerprint density at radius 1 is 1.03 bits per heavy atom. The molecule has 6 heteroatoms. The molecule has 0 heterocycles. The van der Waals surface area contributed by atoms with Gasteiger partial charge in [-0.2, -0.15) is 5.26 Å². The Morgan fingerprint density at radius 2 is 1.80 bits per heavy atom. The molecule has 0 saturated carbocycles. The highest BCUT2D eigenvalue weighted by Crippen LogP contribution is 2.33. The lowest BCUT2D eigenvalue weighted by atomic mass is 10.1. The van der Waals surface area contributed by atoms with Gasteiger partial charge in [-0.25, -0.2) is 0 Å². The molecule has 0 aliphatic heterocycles. The van der Waals surface area contributed by atoms with Crippen LogP contribution in [0.15, 0.2) is 105 Å². The van der Waals surface area contributed by atoms with E-state index in [-0.39, 0.29) is 5.57 Å². The minimum absolute atomic E-state index is 0.0313. The molecule has 3 aromatic rings. The number of amides is 1. The summed E-state index contributed by atoms with van der Waals surface area (Å²) in [5, 5.41) is 15.3. The summed E-state index contributed by atoms with van der Waals surface area (Å²) in [6.07, 6.45) is 2.26. The highest BCUT2D eigenvalue weighted by Gasteiger charge is 2.12. The molecule has 0 fully saturated rings. The summed E-state index contributed by atoms with van der Waals surface area (Å²) in [6.45, 7) is 0.620. The summed E-state index contributed by atoms with van der Waals surface area (Å²) in [5.41, 5.74) is 1.87. The van der Waals surface area contributed by atoms with Gasteiger partial charge in [0.15, 0.2) is 0 Å². The molecule has 3 aromatic carbocycles. The third kappa shape index (κ3) is 6.51. The van der Waals surface area contributed by atoms with Crippen LogP contribution < -0.4 is 10.6 Å². The predicted molar refractivity (Wildman–Crippen MR) is 125 cm³/mol. The number of anilines is 1. The Kier molecular flexibility index (Phi) is 8.13. The van der Waals surface area contributed by atoms with Crippen LogP contribution in [0.4, 0.5) is 5.69 Å². The first-order chi connectivity index (χ1) is 14.7. The fourth-order valence-electron chi connectivity index (χ4n) is 2.70. The lowest BCUT2D eigenvalue weighted by molar-refractivity contribution is -0.112. The van der Waals surface area contributed by atoms with E-state index in [9.17, 15) is 10.1 Å². The van der Waals surface area contributed by atoms with E-state index in [2.05, 4.69) is 26.6 Å². The van der Waals surface area contributed by atoms with Gasteiger partial charge in [0.25, 0.3) is 5.91 Å². The summed E-state index contributed by atoms with van der Waals surface area (Å²) < 4.78 is 1.03. The van der Waals surface area contributed by atoms with Crippen LogP contribution in [0.25, 0.3) is 0 Å². The van der Waals surface area contributed by atoms with Crippen molar-refractivity contribution >= 4 is 39.3 Å². The first-order valence-corrected chi connectivity index (χ1v) is 11.0. The second kappa shape index (κ2) is 11.2. The van der Waals surface area contributed by atoms with Crippen molar-refractivity contribution in [3.05, 3.63) is 101 Å². The van der Waals surface area contributed by atoms with Crippen LogP contribution in [0.1, 0.15) is 5.56 Å². The highest BCUT2D eigenvalue weighted by atomic mass is 79.9. The van der Waals surface area contributed by atoms with Gasteiger partial charge in [-0.1, -0.05) is 70.2 Å². The maximum atomic E-state index is 12.6. The Morgan fingerprint density at radius 3 is 2.57 bits per heavy atom. The molecular formula is C24H20BrN3OS. The van der Waals surface area contributed by atoms with E-state index in [1.54, 1.807) is 11.8 Å². The maximum Gasteiger partial charge on any atom is 0.267 e. The molecule has 0 spiro atoms. The highest BCUT2D eigenvalue weighted by molar-refractivity contribution is 9.10. The summed E-state index contributed by atoms with van der Waals surface area (Å²) in [4.78, 5) is 14.6. The van der Waals surface area contributed by atoms with E-state index in [1.165, 1.54) is 11.8 Å². The summed E-state index contributed by atoms with van der Waals surface area (Å²) >= 11 is 5.01. The number of benzene rings is 3. The molecule has 0 saturated heterocycles. The Hall–Kier alpha value is -3.01. The van der Waals surface area contributed by atoms with Crippen LogP contribution >= 0.6 is 27.7 Å². The number of rotatable bonds is 8. The number of nitrogens with one attached hydrogen (secondary N) is 2. The van der Waals surface area contributed by atoms with Gasteiger partial charge in [0.2, 0.25) is 0 Å². The van der Waals surface area contributed by atoms with E-state index in [1.807, 2.05) is 84.9 Å². The van der Waals surface area contributed by atoms with Crippen LogP contribution in [0.5, 0.6) is 0 Å². The van der Waals surface area contributed by atoms with Crippen LogP contribution in [0, 0.1) is 11.3 Å². The van der Waals surface area contributed by atoms with Gasteiger partial charge in [0.05, 0.1) is 5.69 Å². The quantitative estimate of drug-likeness (QED) is 0.245. The number of hydrogen-bond acceptors (Lipinski definition) is 4. The Balaban J connectivity index is 1.61. The summed E-state index contributed by atoms with van der Waals surface area (Å²) in [7, 11) is 0. The number of nitriles is 1. The maximum absolute atomic E-state index is 12.6. The second-order valence-electron chi connectivity index (χ2n) is 6.37. The van der Waals surface area contributed by atoms with Gasteiger partial charge in [-0.3, -0.25) is 4.79 Å². The first kappa shape index (κ1) is 21.7. The van der Waals surface area contributed by atoms with Crippen molar-refractivity contribution < 1.29 is 4.79 Å². The molecule has 1 amide bonds. The van der Waals surface area contributed by atoms with Crippen molar-refractivity contribution in [1.82, 2.24) is 5.32 Å². The average Bonchev–Trinajstić information content (AvgIpc) is 2.76. The van der Waals surface area contributed by atoms with Crippen molar-refractivity contribution in [1.29, 1.82) is 5.26 Å². The zero-order chi connectivity index (χ0) is 21.2. The molecule has 0 atom stereocenters.